The van der Waals surface area contributed by atoms with E-state index in [4.69, 9.17) is 0 Å². The van der Waals surface area contributed by atoms with E-state index in [9.17, 15) is 9.90 Å². The number of nitrogens with zero attached hydrogens (tertiary/aromatic N) is 2. The third-order valence-electron chi connectivity index (χ3n) is 4.35. The second-order valence-corrected chi connectivity index (χ2v) is 6.39. The lowest BCUT2D eigenvalue weighted by Crippen LogP contribution is -2.26. The van der Waals surface area contributed by atoms with Crippen LogP contribution in [0.2, 0.25) is 0 Å². The zero-order valence-corrected chi connectivity index (χ0v) is 11.1. The van der Waals surface area contributed by atoms with Crippen molar-refractivity contribution in [1.82, 2.24) is 9.55 Å². The molecule has 1 unspecified atom stereocenters. The summed E-state index contributed by atoms with van der Waals surface area (Å²) in [6, 6.07) is 0. The number of carbonyl (C=O) groups is 1. The van der Waals surface area contributed by atoms with E-state index >= 15 is 0 Å². The normalized spacial score (nSPS) is 25.3. The summed E-state index contributed by atoms with van der Waals surface area (Å²) in [5.41, 5.74) is 2.77. The third-order valence-corrected chi connectivity index (χ3v) is 4.35. The molecule has 0 aromatic carbocycles. The highest BCUT2D eigenvalue weighted by atomic mass is 16.4. The molecule has 0 saturated carbocycles. The number of fused-ring (bicyclic) bond motifs is 3. The van der Waals surface area contributed by atoms with Gasteiger partial charge in [-0.1, -0.05) is 13.8 Å². The van der Waals surface area contributed by atoms with E-state index in [1.54, 1.807) is 0 Å². The number of hydrogen-bond acceptors (Lipinski definition) is 2. The van der Waals surface area contributed by atoms with E-state index in [1.807, 2.05) is 0 Å². The Bertz CT molecular complexity index is 502. The molecular formula is C14H20N2O2. The molecule has 1 aliphatic carbocycles. The van der Waals surface area contributed by atoms with Crippen LogP contribution < -0.4 is 0 Å². The zero-order chi connectivity index (χ0) is 12.9. The Hall–Kier alpha value is -1.32. The maximum atomic E-state index is 11.3. The van der Waals surface area contributed by atoms with Crippen LogP contribution >= 0.6 is 0 Å². The number of hydrogen-bond donors (Lipinski definition) is 1. The molecule has 0 spiro atoms. The van der Waals surface area contributed by atoms with Gasteiger partial charge < -0.3 is 9.67 Å². The van der Waals surface area contributed by atoms with Crippen molar-refractivity contribution in [2.75, 3.05) is 0 Å². The lowest BCUT2D eigenvalue weighted by Gasteiger charge is -2.30. The first-order valence-corrected chi connectivity index (χ1v) is 6.79. The predicted octanol–water partition coefficient (Wildman–Crippen LogP) is 2.36. The summed E-state index contributed by atoms with van der Waals surface area (Å²) in [5, 5.41) is 9.30. The van der Waals surface area contributed by atoms with Gasteiger partial charge in [0.1, 0.15) is 11.7 Å². The minimum Gasteiger partial charge on any atom is -0.481 e. The molecule has 18 heavy (non-hydrogen) atoms. The van der Waals surface area contributed by atoms with Crippen LogP contribution in [0.15, 0.2) is 0 Å². The number of aromatic nitrogens is 2. The highest BCUT2D eigenvalue weighted by molar-refractivity contribution is 5.75. The molecule has 1 aromatic heterocycles. The number of aryl methyl sites for hydroxylation is 1. The molecule has 1 N–H and O–H groups in total. The minimum atomic E-state index is -0.724. The summed E-state index contributed by atoms with van der Waals surface area (Å²) in [4.78, 5) is 15.9. The van der Waals surface area contributed by atoms with Gasteiger partial charge in [-0.3, -0.25) is 4.79 Å². The van der Waals surface area contributed by atoms with Gasteiger partial charge >= 0.3 is 5.97 Å². The van der Waals surface area contributed by atoms with Crippen molar-refractivity contribution in [3.05, 3.63) is 17.2 Å². The fraction of sp³-hybridized carbons (Fsp3) is 0.714. The summed E-state index contributed by atoms with van der Waals surface area (Å²) < 4.78 is 2.19. The van der Waals surface area contributed by atoms with Crippen LogP contribution in [-0.2, 0) is 24.2 Å². The summed E-state index contributed by atoms with van der Waals surface area (Å²) in [7, 11) is 0. The molecule has 0 fully saturated rings. The largest absolute Gasteiger partial charge is 0.481 e. The number of aliphatic carboxylic acids is 1. The van der Waals surface area contributed by atoms with E-state index in [0.717, 1.165) is 50.2 Å². The number of imidazole rings is 1. The van der Waals surface area contributed by atoms with Gasteiger partial charge in [0.05, 0.1) is 5.69 Å². The van der Waals surface area contributed by atoms with Crippen molar-refractivity contribution >= 4 is 5.97 Å². The second-order valence-electron chi connectivity index (χ2n) is 6.39. The van der Waals surface area contributed by atoms with Crippen molar-refractivity contribution in [2.24, 2.45) is 5.41 Å². The molecule has 1 atom stereocenters. The van der Waals surface area contributed by atoms with Crippen molar-refractivity contribution < 1.29 is 9.90 Å². The standard InChI is InChI=1S/C14H20N2O2/c1-14(2)6-5-10-11(8-14)16-7-3-4-9(13(17)18)12(16)15-10/h9H,3-8H2,1-2H3,(H,17,18). The molecule has 0 bridgehead atoms. The van der Waals surface area contributed by atoms with Crippen LogP contribution in [-0.4, -0.2) is 20.6 Å². The van der Waals surface area contributed by atoms with E-state index in [-0.39, 0.29) is 0 Å². The van der Waals surface area contributed by atoms with Crippen LogP contribution in [0.25, 0.3) is 0 Å². The molecule has 0 amide bonds. The van der Waals surface area contributed by atoms with Crippen LogP contribution in [0.4, 0.5) is 0 Å². The first-order valence-electron chi connectivity index (χ1n) is 6.79. The van der Waals surface area contributed by atoms with Gasteiger partial charge in [-0.15, -0.1) is 0 Å². The van der Waals surface area contributed by atoms with Crippen molar-refractivity contribution in [3.63, 3.8) is 0 Å². The number of carboxylic acid groups (broad SMARTS) is 1. The van der Waals surface area contributed by atoms with Crippen molar-refractivity contribution in [2.45, 2.75) is 58.4 Å². The Labute approximate surface area is 107 Å². The summed E-state index contributed by atoms with van der Waals surface area (Å²) >= 11 is 0. The van der Waals surface area contributed by atoms with E-state index in [1.165, 1.54) is 5.69 Å². The molecule has 2 aliphatic rings. The Kier molecular flexibility index (Phi) is 2.50. The zero-order valence-electron chi connectivity index (χ0n) is 11.1. The fourth-order valence-electron chi connectivity index (χ4n) is 3.29. The summed E-state index contributed by atoms with van der Waals surface area (Å²) in [5.74, 6) is -0.318. The first-order chi connectivity index (χ1) is 8.48. The molecule has 3 rings (SSSR count). The second kappa shape index (κ2) is 3.84. The highest BCUT2D eigenvalue weighted by Crippen LogP contribution is 2.38. The number of rotatable bonds is 1. The van der Waals surface area contributed by atoms with Gasteiger partial charge in [-0.05, 0) is 37.5 Å². The predicted molar refractivity (Wildman–Crippen MR) is 67.6 cm³/mol. The van der Waals surface area contributed by atoms with Crippen molar-refractivity contribution in [3.8, 4) is 0 Å². The van der Waals surface area contributed by atoms with Crippen molar-refractivity contribution in [1.29, 1.82) is 0 Å². The topological polar surface area (TPSA) is 55.1 Å². The Balaban J connectivity index is 2.06. The Morgan fingerprint density at radius 2 is 2.28 bits per heavy atom. The SMILES string of the molecule is CC1(C)CCc2nc3n(c2C1)CCCC3C(=O)O. The molecule has 0 radical (unpaired) electrons. The van der Waals surface area contributed by atoms with Crippen LogP contribution in [0.5, 0.6) is 0 Å². The third kappa shape index (κ3) is 1.74. The molecule has 1 aromatic rings. The summed E-state index contributed by atoms with van der Waals surface area (Å²) in [6.07, 6.45) is 4.85. The molecule has 4 heteroatoms. The molecule has 4 nitrogen and oxygen atoms in total. The minimum absolute atomic E-state index is 0.319. The quantitative estimate of drug-likeness (QED) is 0.830. The fourth-order valence-corrected chi connectivity index (χ4v) is 3.29. The molecule has 98 valence electrons. The van der Waals surface area contributed by atoms with Gasteiger partial charge in [0.15, 0.2) is 0 Å². The smallest absolute Gasteiger partial charge is 0.314 e. The highest BCUT2D eigenvalue weighted by Gasteiger charge is 2.35. The van der Waals surface area contributed by atoms with Gasteiger partial charge in [0.25, 0.3) is 0 Å². The molecular weight excluding hydrogens is 228 g/mol. The lowest BCUT2D eigenvalue weighted by molar-refractivity contribution is -0.139. The number of carboxylic acids is 1. The average molecular weight is 248 g/mol. The first kappa shape index (κ1) is 11.8. The molecule has 1 aliphatic heterocycles. The lowest BCUT2D eigenvalue weighted by atomic mass is 9.78. The van der Waals surface area contributed by atoms with Gasteiger partial charge in [0, 0.05) is 12.2 Å². The monoisotopic (exact) mass is 248 g/mol. The van der Waals surface area contributed by atoms with Crippen LogP contribution in [0.1, 0.15) is 56.2 Å². The van der Waals surface area contributed by atoms with Gasteiger partial charge in [-0.25, -0.2) is 4.98 Å². The maximum absolute atomic E-state index is 11.3. The maximum Gasteiger partial charge on any atom is 0.314 e. The van der Waals surface area contributed by atoms with Gasteiger partial charge in [0.2, 0.25) is 0 Å². The van der Waals surface area contributed by atoms with E-state index in [2.05, 4.69) is 23.4 Å². The average Bonchev–Trinajstić information content (AvgIpc) is 2.65. The van der Waals surface area contributed by atoms with E-state index in [0.29, 0.717) is 5.41 Å². The van der Waals surface area contributed by atoms with Gasteiger partial charge in [-0.2, -0.15) is 0 Å². The summed E-state index contributed by atoms with van der Waals surface area (Å²) in [6.45, 7) is 5.51. The Morgan fingerprint density at radius 1 is 1.50 bits per heavy atom. The molecule has 2 heterocycles. The van der Waals surface area contributed by atoms with E-state index < -0.39 is 11.9 Å². The van der Waals surface area contributed by atoms with Crippen LogP contribution in [0.3, 0.4) is 0 Å². The Morgan fingerprint density at radius 3 is 3.00 bits per heavy atom. The molecule has 0 saturated heterocycles. The van der Waals surface area contributed by atoms with Crippen LogP contribution in [0, 0.1) is 5.41 Å².